The summed E-state index contributed by atoms with van der Waals surface area (Å²) in [6.45, 7) is 2.92. The second-order valence-electron chi connectivity index (χ2n) is 5.83. The van der Waals surface area contributed by atoms with Crippen LogP contribution < -0.4 is 10.2 Å². The number of pyridine rings is 1. The number of hydrogen-bond donors (Lipinski definition) is 2. The fourth-order valence-corrected chi connectivity index (χ4v) is 2.40. The zero-order chi connectivity index (χ0) is 16.0. The maximum atomic E-state index is 8.97. The summed E-state index contributed by atoms with van der Waals surface area (Å²) in [5, 5.41) is 17.9. The Balaban J connectivity index is 1.93. The summed E-state index contributed by atoms with van der Waals surface area (Å²) in [7, 11) is -1.47. The smallest absolute Gasteiger partial charge is 0.478 e. The summed E-state index contributed by atoms with van der Waals surface area (Å²) in [5.41, 5.74) is 0.381. The van der Waals surface area contributed by atoms with Crippen molar-refractivity contribution >= 4 is 12.6 Å². The van der Waals surface area contributed by atoms with Gasteiger partial charge in [-0.3, -0.25) is 0 Å². The van der Waals surface area contributed by atoms with Gasteiger partial charge >= 0.3 is 7.12 Å². The van der Waals surface area contributed by atoms with Crippen LogP contribution >= 0.6 is 0 Å². The molecular weight excluding hydrogens is 277 g/mol. The Morgan fingerprint density at radius 2 is 1.50 bits per heavy atom. The molecule has 22 heavy (non-hydrogen) atoms. The van der Waals surface area contributed by atoms with Gasteiger partial charge in [0, 0.05) is 11.7 Å². The predicted molar refractivity (Wildman–Crippen MR) is 91.4 cm³/mol. The molecule has 0 atom stereocenters. The van der Waals surface area contributed by atoms with E-state index in [1.165, 1.54) is 64.0 Å². The lowest BCUT2D eigenvalue weighted by Crippen LogP contribution is -2.29. The molecule has 0 saturated carbocycles. The van der Waals surface area contributed by atoms with Crippen molar-refractivity contribution in [3.63, 3.8) is 0 Å². The van der Waals surface area contributed by atoms with Gasteiger partial charge in [0.15, 0.2) is 0 Å². The first-order chi connectivity index (χ1) is 10.7. The van der Waals surface area contributed by atoms with Gasteiger partial charge in [0.1, 0.15) is 0 Å². The SMILES string of the molecule is CCCCCCCCCCCCOc1ccc(B(O)O)cn1. The van der Waals surface area contributed by atoms with Gasteiger partial charge in [-0.1, -0.05) is 70.8 Å². The highest BCUT2D eigenvalue weighted by atomic mass is 16.5. The molecule has 0 aliphatic heterocycles. The molecule has 1 rings (SSSR count). The van der Waals surface area contributed by atoms with Crippen molar-refractivity contribution in [2.45, 2.75) is 71.1 Å². The van der Waals surface area contributed by atoms with Crippen LogP contribution in [0.5, 0.6) is 5.88 Å². The normalized spacial score (nSPS) is 10.7. The van der Waals surface area contributed by atoms with Gasteiger partial charge in [-0.25, -0.2) is 4.98 Å². The van der Waals surface area contributed by atoms with Crippen LogP contribution in [0.15, 0.2) is 18.3 Å². The van der Waals surface area contributed by atoms with E-state index in [2.05, 4.69) is 11.9 Å². The van der Waals surface area contributed by atoms with Crippen molar-refractivity contribution in [2.24, 2.45) is 0 Å². The summed E-state index contributed by atoms with van der Waals surface area (Å²) in [4.78, 5) is 4.04. The zero-order valence-corrected chi connectivity index (χ0v) is 13.8. The molecule has 0 radical (unpaired) electrons. The lowest BCUT2D eigenvalue weighted by Gasteiger charge is -2.06. The van der Waals surface area contributed by atoms with Gasteiger partial charge in [-0.15, -0.1) is 0 Å². The molecule has 0 amide bonds. The van der Waals surface area contributed by atoms with Crippen LogP contribution in [0.1, 0.15) is 71.1 Å². The van der Waals surface area contributed by atoms with Gasteiger partial charge in [-0.2, -0.15) is 0 Å². The van der Waals surface area contributed by atoms with Crippen LogP contribution in [0.2, 0.25) is 0 Å². The molecule has 1 aromatic rings. The van der Waals surface area contributed by atoms with Gasteiger partial charge in [0.25, 0.3) is 0 Å². The second-order valence-corrected chi connectivity index (χ2v) is 5.83. The lowest BCUT2D eigenvalue weighted by molar-refractivity contribution is 0.293. The number of ether oxygens (including phenoxy) is 1. The molecule has 1 aromatic heterocycles. The number of rotatable bonds is 13. The van der Waals surface area contributed by atoms with Crippen molar-refractivity contribution in [1.29, 1.82) is 0 Å². The molecule has 1 heterocycles. The predicted octanol–water partition coefficient (Wildman–Crippen LogP) is 3.06. The standard InChI is InChI=1S/C17H30BNO3/c1-2-3-4-5-6-7-8-9-10-11-14-22-17-13-12-16(15-19-17)18(20)21/h12-13,15,20-21H,2-11,14H2,1H3. The van der Waals surface area contributed by atoms with Crippen LogP contribution in [0.25, 0.3) is 0 Å². The fourth-order valence-electron chi connectivity index (χ4n) is 2.40. The summed E-state index contributed by atoms with van der Waals surface area (Å²) in [5.74, 6) is 0.542. The van der Waals surface area contributed by atoms with Crippen LogP contribution in [0, 0.1) is 0 Å². The molecule has 0 saturated heterocycles. The Bertz CT molecular complexity index is 371. The fraction of sp³-hybridized carbons (Fsp3) is 0.706. The molecule has 5 heteroatoms. The Morgan fingerprint density at radius 1 is 0.909 bits per heavy atom. The molecule has 0 bridgehead atoms. The molecule has 0 unspecified atom stereocenters. The van der Waals surface area contributed by atoms with E-state index in [4.69, 9.17) is 14.8 Å². The minimum atomic E-state index is -1.47. The van der Waals surface area contributed by atoms with E-state index in [9.17, 15) is 0 Å². The highest BCUT2D eigenvalue weighted by Gasteiger charge is 2.10. The van der Waals surface area contributed by atoms with E-state index in [1.807, 2.05) is 0 Å². The first-order valence-electron chi connectivity index (χ1n) is 8.69. The van der Waals surface area contributed by atoms with Crippen LogP contribution in [-0.2, 0) is 0 Å². The van der Waals surface area contributed by atoms with Crippen molar-refractivity contribution in [2.75, 3.05) is 6.61 Å². The van der Waals surface area contributed by atoms with Crippen molar-refractivity contribution < 1.29 is 14.8 Å². The molecule has 0 aromatic carbocycles. The van der Waals surface area contributed by atoms with E-state index in [0.717, 1.165) is 6.42 Å². The number of hydrogen-bond acceptors (Lipinski definition) is 4. The van der Waals surface area contributed by atoms with Crippen LogP contribution in [0.3, 0.4) is 0 Å². The maximum Gasteiger partial charge on any atom is 0.490 e. The Hall–Kier alpha value is -1.07. The summed E-state index contributed by atoms with van der Waals surface area (Å²) < 4.78 is 5.54. The molecule has 2 N–H and O–H groups in total. The Labute approximate surface area is 135 Å². The zero-order valence-electron chi connectivity index (χ0n) is 13.8. The highest BCUT2D eigenvalue weighted by molar-refractivity contribution is 6.58. The third-order valence-electron chi connectivity index (χ3n) is 3.81. The second kappa shape index (κ2) is 12.5. The number of aromatic nitrogens is 1. The van der Waals surface area contributed by atoms with Gasteiger partial charge in [-0.05, 0) is 12.5 Å². The van der Waals surface area contributed by atoms with Crippen LogP contribution in [-0.4, -0.2) is 28.8 Å². The molecule has 0 aliphatic rings. The topological polar surface area (TPSA) is 62.6 Å². The Morgan fingerprint density at radius 3 is 2.00 bits per heavy atom. The largest absolute Gasteiger partial charge is 0.490 e. The van der Waals surface area contributed by atoms with Crippen LogP contribution in [0.4, 0.5) is 0 Å². The summed E-state index contributed by atoms with van der Waals surface area (Å²) in [6.07, 6.45) is 14.5. The van der Waals surface area contributed by atoms with E-state index in [0.29, 0.717) is 17.9 Å². The number of unbranched alkanes of at least 4 members (excludes halogenated alkanes) is 9. The molecule has 0 spiro atoms. The minimum absolute atomic E-state index is 0.381. The minimum Gasteiger partial charge on any atom is -0.478 e. The lowest BCUT2D eigenvalue weighted by atomic mass is 9.82. The average molecular weight is 307 g/mol. The quantitative estimate of drug-likeness (QED) is 0.434. The highest BCUT2D eigenvalue weighted by Crippen LogP contribution is 2.11. The maximum absolute atomic E-state index is 8.97. The number of nitrogens with zero attached hydrogens (tertiary/aromatic N) is 1. The first-order valence-corrected chi connectivity index (χ1v) is 8.69. The van der Waals surface area contributed by atoms with Gasteiger partial charge in [0.2, 0.25) is 5.88 Å². The first kappa shape index (κ1) is 19.0. The average Bonchev–Trinajstić information content (AvgIpc) is 2.53. The van der Waals surface area contributed by atoms with E-state index in [1.54, 1.807) is 12.1 Å². The van der Waals surface area contributed by atoms with Crippen molar-refractivity contribution in [3.8, 4) is 5.88 Å². The molecule has 0 aliphatic carbocycles. The van der Waals surface area contributed by atoms with E-state index < -0.39 is 7.12 Å². The van der Waals surface area contributed by atoms with Crippen molar-refractivity contribution in [1.82, 2.24) is 4.98 Å². The van der Waals surface area contributed by atoms with Crippen molar-refractivity contribution in [3.05, 3.63) is 18.3 Å². The monoisotopic (exact) mass is 307 g/mol. The molecular formula is C17H30BNO3. The molecule has 4 nitrogen and oxygen atoms in total. The summed E-state index contributed by atoms with van der Waals surface area (Å²) >= 11 is 0. The van der Waals surface area contributed by atoms with Gasteiger partial charge < -0.3 is 14.8 Å². The van der Waals surface area contributed by atoms with Gasteiger partial charge in [0.05, 0.1) is 6.61 Å². The third kappa shape index (κ3) is 9.06. The Kier molecular flexibility index (Phi) is 10.8. The summed E-state index contributed by atoms with van der Waals surface area (Å²) in [6, 6.07) is 3.29. The molecule has 124 valence electrons. The van der Waals surface area contributed by atoms with E-state index >= 15 is 0 Å². The molecule has 0 fully saturated rings. The van der Waals surface area contributed by atoms with E-state index in [-0.39, 0.29) is 0 Å². The third-order valence-corrected chi connectivity index (χ3v) is 3.81.